The van der Waals surface area contributed by atoms with E-state index in [1.807, 2.05) is 6.08 Å². The van der Waals surface area contributed by atoms with Crippen LogP contribution in [0.15, 0.2) is 23.3 Å². The Labute approximate surface area is 216 Å². The molecule has 0 unspecified atom stereocenters. The minimum Gasteiger partial charge on any atom is -0.481 e. The third-order valence-corrected chi connectivity index (χ3v) is 6.65. The summed E-state index contributed by atoms with van der Waals surface area (Å²) in [6.45, 7) is 9.22. The van der Waals surface area contributed by atoms with Crippen molar-refractivity contribution in [2.24, 2.45) is 5.92 Å². The zero-order valence-electron chi connectivity index (χ0n) is 22.1. The Balaban J connectivity index is 2.63. The standard InChI is InChI=1S/C26H36O11/c1-14-7-9-20(34-16(3)28)15(2)8-10-22(36-18(5)30)26(6)25(37-26)24(33-13-27)19(12-23(31)32)21(11-14)35-17(4)29/h7-8,13,19-22,24-25H,9-12H2,1-6H3,(H,31,32)/b14-7+,15-8+/t19-,20-,21-,22-,24+,25+,26+/m1/s1. The molecule has 1 saturated heterocycles. The molecule has 7 atom stereocenters. The highest BCUT2D eigenvalue weighted by Crippen LogP contribution is 2.48. The maximum absolute atomic E-state index is 12.0. The van der Waals surface area contributed by atoms with Crippen LogP contribution in [0.4, 0.5) is 0 Å². The van der Waals surface area contributed by atoms with E-state index in [1.165, 1.54) is 20.8 Å². The lowest BCUT2D eigenvalue weighted by Crippen LogP contribution is -2.45. The molecule has 11 heteroatoms. The lowest BCUT2D eigenvalue weighted by atomic mass is 9.82. The highest BCUT2D eigenvalue weighted by molar-refractivity contribution is 5.68. The van der Waals surface area contributed by atoms with Crippen LogP contribution in [0.2, 0.25) is 0 Å². The molecular formula is C26H36O11. The van der Waals surface area contributed by atoms with Gasteiger partial charge in [-0.3, -0.25) is 24.0 Å². The molecule has 0 aromatic heterocycles. The van der Waals surface area contributed by atoms with Crippen LogP contribution < -0.4 is 0 Å². The molecule has 1 heterocycles. The van der Waals surface area contributed by atoms with Gasteiger partial charge in [0.2, 0.25) is 0 Å². The highest BCUT2D eigenvalue weighted by atomic mass is 16.7. The van der Waals surface area contributed by atoms with E-state index in [4.69, 9.17) is 23.7 Å². The van der Waals surface area contributed by atoms with Crippen LogP contribution in [0.25, 0.3) is 0 Å². The van der Waals surface area contributed by atoms with Gasteiger partial charge < -0.3 is 28.8 Å². The summed E-state index contributed by atoms with van der Waals surface area (Å²) in [5.74, 6) is -3.81. The van der Waals surface area contributed by atoms with Crippen molar-refractivity contribution in [1.29, 1.82) is 0 Å². The van der Waals surface area contributed by atoms with Crippen molar-refractivity contribution in [1.82, 2.24) is 0 Å². The number of epoxide rings is 1. The Morgan fingerprint density at radius 2 is 1.65 bits per heavy atom. The quantitative estimate of drug-likeness (QED) is 0.172. The summed E-state index contributed by atoms with van der Waals surface area (Å²) in [6.07, 6.45) is -0.531. The average molecular weight is 525 g/mol. The molecule has 0 bridgehead atoms. The van der Waals surface area contributed by atoms with Crippen LogP contribution in [-0.4, -0.2) is 71.6 Å². The van der Waals surface area contributed by atoms with Crippen molar-refractivity contribution in [3.05, 3.63) is 23.3 Å². The summed E-state index contributed by atoms with van der Waals surface area (Å²) in [7, 11) is 0. The first-order valence-electron chi connectivity index (χ1n) is 12.1. The van der Waals surface area contributed by atoms with Gasteiger partial charge in [0.25, 0.3) is 6.47 Å². The molecule has 1 aliphatic heterocycles. The predicted molar refractivity (Wildman–Crippen MR) is 128 cm³/mol. The Hall–Kier alpha value is -3.21. The number of carboxylic acid groups (broad SMARTS) is 1. The van der Waals surface area contributed by atoms with Crippen molar-refractivity contribution in [3.63, 3.8) is 0 Å². The second-order valence-electron chi connectivity index (χ2n) is 9.70. The average Bonchev–Trinajstić information content (AvgIpc) is 3.46. The molecule has 2 aliphatic rings. The molecule has 2 rings (SSSR count). The number of carbonyl (C=O) groups excluding carboxylic acids is 4. The number of ether oxygens (including phenoxy) is 5. The van der Waals surface area contributed by atoms with Gasteiger partial charge in [0.05, 0.1) is 6.42 Å². The van der Waals surface area contributed by atoms with Gasteiger partial charge in [0.15, 0.2) is 0 Å². The van der Waals surface area contributed by atoms with E-state index in [9.17, 15) is 29.1 Å². The van der Waals surface area contributed by atoms with Gasteiger partial charge in [0.1, 0.15) is 36.1 Å². The summed E-state index contributed by atoms with van der Waals surface area (Å²) >= 11 is 0. The van der Waals surface area contributed by atoms with Crippen molar-refractivity contribution >= 4 is 30.3 Å². The van der Waals surface area contributed by atoms with Crippen LogP contribution >= 0.6 is 0 Å². The molecule has 0 spiro atoms. The largest absolute Gasteiger partial charge is 0.481 e. The molecule has 1 fully saturated rings. The lowest BCUT2D eigenvalue weighted by Gasteiger charge is -2.32. The number of carboxylic acids is 1. The molecule has 11 nitrogen and oxygen atoms in total. The number of rotatable bonds is 7. The SMILES string of the molecule is CC(=O)O[C@@H]1C/C=C(\C)C[C@@H](OC(C)=O)[C@@H](CC(=O)O)[C@H](OC=O)[C@@H]2O[C@@]2(C)[C@H](OC(C)=O)C/C=C/1C. The van der Waals surface area contributed by atoms with Crippen molar-refractivity contribution < 1.29 is 52.8 Å². The van der Waals surface area contributed by atoms with Gasteiger partial charge >= 0.3 is 23.9 Å². The van der Waals surface area contributed by atoms with Crippen LogP contribution in [0, 0.1) is 5.92 Å². The van der Waals surface area contributed by atoms with Gasteiger partial charge in [-0.05, 0) is 26.3 Å². The Kier molecular flexibility index (Phi) is 10.4. The van der Waals surface area contributed by atoms with E-state index >= 15 is 0 Å². The normalized spacial score (nSPS) is 35.1. The monoisotopic (exact) mass is 524 g/mol. The molecule has 0 amide bonds. The van der Waals surface area contributed by atoms with E-state index in [2.05, 4.69) is 0 Å². The number of fused-ring (bicyclic) bond motifs is 1. The first-order chi connectivity index (χ1) is 17.3. The van der Waals surface area contributed by atoms with E-state index in [-0.39, 0.29) is 19.3 Å². The molecule has 1 N–H and O–H groups in total. The molecular weight excluding hydrogens is 488 g/mol. The van der Waals surface area contributed by atoms with Crippen LogP contribution in [0.5, 0.6) is 0 Å². The summed E-state index contributed by atoms with van der Waals surface area (Å²) in [4.78, 5) is 58.9. The Morgan fingerprint density at radius 3 is 2.19 bits per heavy atom. The predicted octanol–water partition coefficient (Wildman–Crippen LogP) is 2.65. The van der Waals surface area contributed by atoms with E-state index in [0.717, 1.165) is 11.1 Å². The molecule has 37 heavy (non-hydrogen) atoms. The first kappa shape index (κ1) is 30.0. The number of carbonyl (C=O) groups is 5. The maximum Gasteiger partial charge on any atom is 0.303 e. The fourth-order valence-corrected chi connectivity index (χ4v) is 4.77. The summed E-state index contributed by atoms with van der Waals surface area (Å²) in [5.41, 5.74) is 0.362. The topological polar surface area (TPSA) is 155 Å². The Morgan fingerprint density at radius 1 is 1.03 bits per heavy atom. The van der Waals surface area contributed by atoms with Gasteiger partial charge in [-0.15, -0.1) is 0 Å². The molecule has 0 aromatic carbocycles. The number of hydrogen-bond acceptors (Lipinski definition) is 10. The third kappa shape index (κ3) is 8.41. The minimum atomic E-state index is -1.18. The summed E-state index contributed by atoms with van der Waals surface area (Å²) in [6, 6.07) is 0. The van der Waals surface area contributed by atoms with Crippen LogP contribution in [0.1, 0.15) is 67.2 Å². The van der Waals surface area contributed by atoms with Gasteiger partial charge in [-0.1, -0.05) is 17.7 Å². The Bertz CT molecular complexity index is 952. The number of hydrogen-bond donors (Lipinski definition) is 1. The van der Waals surface area contributed by atoms with Gasteiger partial charge in [0, 0.05) is 46.0 Å². The fraction of sp³-hybridized carbons (Fsp3) is 0.654. The molecule has 1 aliphatic carbocycles. The van der Waals surface area contributed by atoms with E-state index < -0.39 is 72.3 Å². The van der Waals surface area contributed by atoms with E-state index in [1.54, 1.807) is 26.8 Å². The molecule has 206 valence electrons. The maximum atomic E-state index is 12.0. The highest BCUT2D eigenvalue weighted by Gasteiger charge is 2.65. The lowest BCUT2D eigenvalue weighted by molar-refractivity contribution is -0.160. The first-order valence-corrected chi connectivity index (χ1v) is 12.1. The van der Waals surface area contributed by atoms with Crippen molar-refractivity contribution in [3.8, 4) is 0 Å². The second-order valence-corrected chi connectivity index (χ2v) is 9.70. The smallest absolute Gasteiger partial charge is 0.303 e. The van der Waals surface area contributed by atoms with E-state index in [0.29, 0.717) is 6.42 Å². The zero-order valence-corrected chi connectivity index (χ0v) is 22.1. The van der Waals surface area contributed by atoms with Crippen LogP contribution in [0.3, 0.4) is 0 Å². The second kappa shape index (κ2) is 12.8. The number of esters is 3. The molecule has 0 saturated carbocycles. The summed E-state index contributed by atoms with van der Waals surface area (Å²) < 4.78 is 27.9. The van der Waals surface area contributed by atoms with Crippen molar-refractivity contribution in [2.75, 3.05) is 0 Å². The zero-order chi connectivity index (χ0) is 27.9. The van der Waals surface area contributed by atoms with Crippen molar-refractivity contribution in [2.45, 2.75) is 103 Å². The number of aliphatic carboxylic acids is 1. The van der Waals surface area contributed by atoms with Gasteiger partial charge in [-0.2, -0.15) is 0 Å². The molecule has 0 radical (unpaired) electrons. The third-order valence-electron chi connectivity index (χ3n) is 6.65. The summed E-state index contributed by atoms with van der Waals surface area (Å²) in [5, 5.41) is 9.66. The molecule has 0 aromatic rings. The minimum absolute atomic E-state index is 0.141. The van der Waals surface area contributed by atoms with Crippen LogP contribution in [-0.2, 0) is 47.7 Å². The fourth-order valence-electron chi connectivity index (χ4n) is 4.77. The van der Waals surface area contributed by atoms with Gasteiger partial charge in [-0.25, -0.2) is 0 Å².